The smallest absolute Gasteiger partial charge is 0.101 e. The molecule has 1 heterocycles. The Balaban J connectivity index is 2.05. The fourth-order valence-corrected chi connectivity index (χ4v) is 2.08. The fraction of sp³-hybridized carbons (Fsp3) is 0. The molecule has 0 aliphatic carbocycles. The summed E-state index contributed by atoms with van der Waals surface area (Å²) in [5.41, 5.74) is 9.60. The number of benzene rings is 2. The van der Waals surface area contributed by atoms with Crippen LogP contribution in [0, 0.1) is 11.3 Å². The van der Waals surface area contributed by atoms with Crippen molar-refractivity contribution in [1.82, 2.24) is 9.78 Å². The average molecular weight is 260 g/mol. The van der Waals surface area contributed by atoms with Gasteiger partial charge in [0.2, 0.25) is 0 Å². The Morgan fingerprint density at radius 1 is 1.05 bits per heavy atom. The monoisotopic (exact) mass is 260 g/mol. The molecule has 0 aliphatic rings. The van der Waals surface area contributed by atoms with Gasteiger partial charge >= 0.3 is 0 Å². The normalized spacial score (nSPS) is 10.2. The summed E-state index contributed by atoms with van der Waals surface area (Å²) in [7, 11) is 0. The molecular weight excluding hydrogens is 248 g/mol. The van der Waals surface area contributed by atoms with Crippen molar-refractivity contribution in [2.45, 2.75) is 0 Å². The first-order chi connectivity index (χ1) is 9.78. The van der Waals surface area contributed by atoms with E-state index >= 15 is 0 Å². The van der Waals surface area contributed by atoms with E-state index in [-0.39, 0.29) is 0 Å². The Morgan fingerprint density at radius 3 is 2.60 bits per heavy atom. The minimum Gasteiger partial charge on any atom is -0.399 e. The maximum Gasteiger partial charge on any atom is 0.101 e. The van der Waals surface area contributed by atoms with E-state index in [4.69, 9.17) is 5.73 Å². The second-order valence-electron chi connectivity index (χ2n) is 4.43. The molecule has 0 unspecified atom stereocenters. The van der Waals surface area contributed by atoms with Crippen LogP contribution in [-0.4, -0.2) is 9.78 Å². The number of hydrogen-bond acceptors (Lipinski definition) is 3. The van der Waals surface area contributed by atoms with Crippen molar-refractivity contribution in [1.29, 1.82) is 5.26 Å². The first kappa shape index (κ1) is 12.0. The number of nitrogens with zero attached hydrogens (tertiary/aromatic N) is 3. The molecule has 96 valence electrons. The third-order valence-corrected chi connectivity index (χ3v) is 3.08. The zero-order valence-electron chi connectivity index (χ0n) is 10.7. The largest absolute Gasteiger partial charge is 0.399 e. The predicted molar refractivity (Wildman–Crippen MR) is 78.1 cm³/mol. The first-order valence-electron chi connectivity index (χ1n) is 6.18. The molecule has 1 aromatic heterocycles. The lowest BCUT2D eigenvalue weighted by molar-refractivity contribution is 0.878. The van der Waals surface area contributed by atoms with E-state index in [9.17, 15) is 5.26 Å². The standard InChI is InChI=1S/C16H12N4/c17-9-13-8-15(18)6-7-16(13)20-11-14(10-19-20)12-4-2-1-3-5-12/h1-8,10-11H,18H2. The van der Waals surface area contributed by atoms with Crippen LogP contribution in [0.2, 0.25) is 0 Å². The van der Waals surface area contributed by atoms with Crippen molar-refractivity contribution in [2.75, 3.05) is 5.73 Å². The van der Waals surface area contributed by atoms with Crippen LogP contribution in [0.15, 0.2) is 60.9 Å². The van der Waals surface area contributed by atoms with Crippen LogP contribution in [0.5, 0.6) is 0 Å². The SMILES string of the molecule is N#Cc1cc(N)ccc1-n1cc(-c2ccccc2)cn1. The van der Waals surface area contributed by atoms with Crippen LogP contribution < -0.4 is 5.73 Å². The Morgan fingerprint density at radius 2 is 1.85 bits per heavy atom. The van der Waals surface area contributed by atoms with Crippen molar-refractivity contribution in [3.63, 3.8) is 0 Å². The van der Waals surface area contributed by atoms with Gasteiger partial charge in [-0.05, 0) is 23.8 Å². The van der Waals surface area contributed by atoms with Gasteiger partial charge in [0.15, 0.2) is 0 Å². The molecule has 0 fully saturated rings. The summed E-state index contributed by atoms with van der Waals surface area (Å²) in [5, 5.41) is 13.5. The van der Waals surface area contributed by atoms with Gasteiger partial charge in [0.05, 0.1) is 17.4 Å². The minimum absolute atomic E-state index is 0.507. The molecule has 0 saturated carbocycles. The van der Waals surface area contributed by atoms with Crippen molar-refractivity contribution in [3.05, 3.63) is 66.5 Å². The summed E-state index contributed by atoms with van der Waals surface area (Å²) in [4.78, 5) is 0. The molecule has 0 atom stereocenters. The van der Waals surface area contributed by atoms with E-state index in [1.54, 1.807) is 29.1 Å². The fourth-order valence-electron chi connectivity index (χ4n) is 2.08. The molecule has 0 amide bonds. The highest BCUT2D eigenvalue weighted by molar-refractivity contribution is 5.63. The van der Waals surface area contributed by atoms with Crippen LogP contribution in [0.3, 0.4) is 0 Å². The van der Waals surface area contributed by atoms with E-state index < -0.39 is 0 Å². The van der Waals surface area contributed by atoms with Crippen LogP contribution in [0.25, 0.3) is 16.8 Å². The highest BCUT2D eigenvalue weighted by Crippen LogP contribution is 2.22. The number of rotatable bonds is 2. The Kier molecular flexibility index (Phi) is 2.94. The van der Waals surface area contributed by atoms with Crippen molar-refractivity contribution in [3.8, 4) is 22.9 Å². The number of nitrogen functional groups attached to an aromatic ring is 1. The van der Waals surface area contributed by atoms with E-state index in [2.05, 4.69) is 11.2 Å². The van der Waals surface area contributed by atoms with E-state index in [1.807, 2.05) is 36.5 Å². The maximum atomic E-state index is 9.18. The van der Waals surface area contributed by atoms with Crippen molar-refractivity contribution >= 4 is 5.69 Å². The molecule has 3 rings (SSSR count). The van der Waals surface area contributed by atoms with E-state index in [1.165, 1.54) is 0 Å². The lowest BCUT2D eigenvalue weighted by Crippen LogP contribution is -1.98. The second kappa shape index (κ2) is 4.90. The van der Waals surface area contributed by atoms with Gasteiger partial charge in [-0.1, -0.05) is 30.3 Å². The average Bonchev–Trinajstić information content (AvgIpc) is 2.97. The summed E-state index contributed by atoms with van der Waals surface area (Å²) in [6, 6.07) is 17.3. The highest BCUT2D eigenvalue weighted by atomic mass is 15.3. The first-order valence-corrected chi connectivity index (χ1v) is 6.18. The second-order valence-corrected chi connectivity index (χ2v) is 4.43. The van der Waals surface area contributed by atoms with E-state index in [0.29, 0.717) is 11.3 Å². The number of nitrogens with two attached hydrogens (primary N) is 1. The van der Waals surface area contributed by atoms with Gasteiger partial charge < -0.3 is 5.73 Å². The van der Waals surface area contributed by atoms with Crippen LogP contribution in [0.4, 0.5) is 5.69 Å². The summed E-state index contributed by atoms with van der Waals surface area (Å²) in [5.74, 6) is 0. The molecule has 20 heavy (non-hydrogen) atoms. The Labute approximate surface area is 116 Å². The summed E-state index contributed by atoms with van der Waals surface area (Å²) < 4.78 is 1.69. The Hall–Kier alpha value is -3.06. The van der Waals surface area contributed by atoms with Gasteiger partial charge in [-0.15, -0.1) is 0 Å². The minimum atomic E-state index is 0.507. The highest BCUT2D eigenvalue weighted by Gasteiger charge is 2.07. The Bertz CT molecular complexity index is 782. The summed E-state index contributed by atoms with van der Waals surface area (Å²) in [6.07, 6.45) is 3.69. The molecule has 0 spiro atoms. The number of aromatic nitrogens is 2. The molecule has 2 aromatic carbocycles. The molecule has 0 radical (unpaired) electrons. The van der Waals surface area contributed by atoms with Crippen molar-refractivity contribution in [2.24, 2.45) is 0 Å². The molecule has 4 nitrogen and oxygen atoms in total. The molecular formula is C16H12N4. The molecule has 3 aromatic rings. The molecule has 0 bridgehead atoms. The quantitative estimate of drug-likeness (QED) is 0.720. The van der Waals surface area contributed by atoms with Gasteiger partial charge in [-0.3, -0.25) is 0 Å². The van der Waals surface area contributed by atoms with E-state index in [0.717, 1.165) is 16.8 Å². The van der Waals surface area contributed by atoms with Gasteiger partial charge in [0.1, 0.15) is 6.07 Å². The molecule has 0 saturated heterocycles. The van der Waals surface area contributed by atoms with Gasteiger partial charge in [-0.2, -0.15) is 10.4 Å². The summed E-state index contributed by atoms with van der Waals surface area (Å²) in [6.45, 7) is 0. The topological polar surface area (TPSA) is 67.6 Å². The van der Waals surface area contributed by atoms with Crippen LogP contribution in [0.1, 0.15) is 5.56 Å². The lowest BCUT2D eigenvalue weighted by Gasteiger charge is -2.04. The third-order valence-electron chi connectivity index (χ3n) is 3.08. The maximum absolute atomic E-state index is 9.18. The van der Waals surface area contributed by atoms with Gasteiger partial charge in [0, 0.05) is 17.4 Å². The van der Waals surface area contributed by atoms with Crippen molar-refractivity contribution < 1.29 is 0 Å². The molecule has 4 heteroatoms. The number of anilines is 1. The lowest BCUT2D eigenvalue weighted by atomic mass is 10.1. The van der Waals surface area contributed by atoms with Gasteiger partial charge in [-0.25, -0.2) is 4.68 Å². The number of nitriles is 1. The summed E-state index contributed by atoms with van der Waals surface area (Å²) >= 11 is 0. The zero-order valence-corrected chi connectivity index (χ0v) is 10.7. The molecule has 0 aliphatic heterocycles. The zero-order chi connectivity index (χ0) is 13.9. The number of hydrogen-bond donors (Lipinski definition) is 1. The van der Waals surface area contributed by atoms with Crippen LogP contribution in [-0.2, 0) is 0 Å². The predicted octanol–water partition coefficient (Wildman–Crippen LogP) is 2.99. The van der Waals surface area contributed by atoms with Gasteiger partial charge in [0.25, 0.3) is 0 Å². The molecule has 2 N–H and O–H groups in total. The third kappa shape index (κ3) is 2.13. The van der Waals surface area contributed by atoms with Crippen LogP contribution >= 0.6 is 0 Å².